The molecule has 1 fully saturated rings. The highest BCUT2D eigenvalue weighted by Gasteiger charge is 2.35. The van der Waals surface area contributed by atoms with Gasteiger partial charge in [-0.25, -0.2) is 22.9 Å². The van der Waals surface area contributed by atoms with Crippen LogP contribution >= 0.6 is 0 Å². The number of pyridine rings is 1. The molecule has 9 heteroatoms. The number of piperidine rings is 1. The van der Waals surface area contributed by atoms with Crippen molar-refractivity contribution in [1.82, 2.24) is 15.2 Å². The van der Waals surface area contributed by atoms with Crippen LogP contribution in [0, 0.1) is 5.82 Å². The van der Waals surface area contributed by atoms with E-state index in [4.69, 9.17) is 4.74 Å². The second kappa shape index (κ2) is 6.73. The zero-order chi connectivity index (χ0) is 18.0. The van der Waals surface area contributed by atoms with Crippen molar-refractivity contribution in [2.24, 2.45) is 0 Å². The summed E-state index contributed by atoms with van der Waals surface area (Å²) in [7, 11) is 0. The Labute approximate surface area is 142 Å². The predicted octanol–water partition coefficient (Wildman–Crippen LogP) is 3.02. The Bertz CT molecular complexity index is 768. The van der Waals surface area contributed by atoms with Gasteiger partial charge in [0.05, 0.1) is 12.3 Å². The van der Waals surface area contributed by atoms with Gasteiger partial charge in [-0.3, -0.25) is 5.10 Å². The van der Waals surface area contributed by atoms with E-state index in [1.54, 1.807) is 6.92 Å². The van der Waals surface area contributed by atoms with Crippen molar-refractivity contribution < 1.29 is 22.7 Å². The fraction of sp³-hybridized carbons (Fsp3) is 0.438. The van der Waals surface area contributed by atoms with E-state index in [0.717, 1.165) is 0 Å². The SMILES string of the molecule is CCOC(=O)c1cc(-c2cnc(N3CCC(F)(F)CC3)c(F)c2)[nH]n1. The quantitative estimate of drug-likeness (QED) is 0.855. The molecule has 1 aliphatic rings. The maximum atomic E-state index is 14.4. The van der Waals surface area contributed by atoms with Gasteiger partial charge in [0.2, 0.25) is 0 Å². The molecule has 2 aromatic heterocycles. The normalized spacial score (nSPS) is 16.7. The second-order valence-corrected chi connectivity index (χ2v) is 5.76. The topological polar surface area (TPSA) is 71.1 Å². The first kappa shape index (κ1) is 17.2. The average Bonchev–Trinajstić information content (AvgIpc) is 3.06. The van der Waals surface area contributed by atoms with Crippen LogP contribution in [-0.4, -0.2) is 46.8 Å². The molecule has 3 rings (SSSR count). The Morgan fingerprint density at radius 1 is 1.36 bits per heavy atom. The molecule has 3 heterocycles. The van der Waals surface area contributed by atoms with Crippen molar-refractivity contribution >= 4 is 11.8 Å². The van der Waals surface area contributed by atoms with Gasteiger partial charge in [0.15, 0.2) is 17.3 Å². The number of hydrogen-bond donors (Lipinski definition) is 1. The van der Waals surface area contributed by atoms with E-state index in [0.29, 0.717) is 11.3 Å². The summed E-state index contributed by atoms with van der Waals surface area (Å²) in [4.78, 5) is 17.2. The smallest absolute Gasteiger partial charge is 0.358 e. The molecule has 0 spiro atoms. The van der Waals surface area contributed by atoms with Gasteiger partial charge in [-0.2, -0.15) is 5.10 Å². The molecule has 0 saturated carbocycles. The maximum Gasteiger partial charge on any atom is 0.358 e. The number of aromatic amines is 1. The number of hydrogen-bond acceptors (Lipinski definition) is 5. The van der Waals surface area contributed by atoms with Crippen LogP contribution < -0.4 is 4.90 Å². The molecule has 0 aliphatic carbocycles. The van der Waals surface area contributed by atoms with Gasteiger partial charge >= 0.3 is 5.97 Å². The lowest BCUT2D eigenvalue weighted by molar-refractivity contribution is -0.0222. The molecule has 0 aromatic carbocycles. The van der Waals surface area contributed by atoms with E-state index in [2.05, 4.69) is 15.2 Å². The summed E-state index contributed by atoms with van der Waals surface area (Å²) in [5.41, 5.74) is 0.886. The summed E-state index contributed by atoms with van der Waals surface area (Å²) in [5.74, 6) is -3.85. The number of nitrogens with one attached hydrogen (secondary N) is 1. The van der Waals surface area contributed by atoms with Crippen LogP contribution in [0.4, 0.5) is 19.0 Å². The Balaban J connectivity index is 1.77. The summed E-state index contributed by atoms with van der Waals surface area (Å²) in [6.45, 7) is 2.00. The lowest BCUT2D eigenvalue weighted by Crippen LogP contribution is -2.40. The number of nitrogens with zero attached hydrogens (tertiary/aromatic N) is 3. The monoisotopic (exact) mass is 354 g/mol. The van der Waals surface area contributed by atoms with Gasteiger partial charge in [0, 0.05) is 37.7 Å². The van der Waals surface area contributed by atoms with Crippen LogP contribution in [0.25, 0.3) is 11.3 Å². The minimum absolute atomic E-state index is 0.0457. The summed E-state index contributed by atoms with van der Waals surface area (Å²) < 4.78 is 45.6. The fourth-order valence-electron chi connectivity index (χ4n) is 2.64. The molecule has 1 aliphatic heterocycles. The molecular formula is C16H17F3N4O2. The molecule has 25 heavy (non-hydrogen) atoms. The molecular weight excluding hydrogens is 337 g/mol. The largest absolute Gasteiger partial charge is 0.461 e. The standard InChI is InChI=1S/C16H17F3N4O2/c1-2-25-15(24)13-8-12(21-22-13)10-7-11(17)14(20-9-10)23-5-3-16(18,19)4-6-23/h7-9H,2-6H2,1H3,(H,21,22). The van der Waals surface area contributed by atoms with E-state index < -0.39 is 17.7 Å². The van der Waals surface area contributed by atoms with Crippen molar-refractivity contribution in [1.29, 1.82) is 0 Å². The van der Waals surface area contributed by atoms with Gasteiger partial charge in [-0.1, -0.05) is 0 Å². The van der Waals surface area contributed by atoms with Crippen molar-refractivity contribution in [2.75, 3.05) is 24.6 Å². The number of rotatable bonds is 4. The summed E-state index contributed by atoms with van der Waals surface area (Å²) in [5, 5.41) is 6.45. The highest BCUT2D eigenvalue weighted by molar-refractivity contribution is 5.88. The van der Waals surface area contributed by atoms with Crippen LogP contribution in [0.5, 0.6) is 0 Å². The number of ether oxygens (including phenoxy) is 1. The highest BCUT2D eigenvalue weighted by atomic mass is 19.3. The van der Waals surface area contributed by atoms with Gasteiger partial charge in [-0.05, 0) is 19.1 Å². The number of carbonyl (C=O) groups is 1. The molecule has 0 unspecified atom stereocenters. The third kappa shape index (κ3) is 3.75. The molecule has 0 atom stereocenters. The van der Waals surface area contributed by atoms with Crippen molar-refractivity contribution in [3.8, 4) is 11.3 Å². The number of halogens is 3. The Morgan fingerprint density at radius 3 is 2.72 bits per heavy atom. The number of anilines is 1. The lowest BCUT2D eigenvalue weighted by atomic mass is 10.1. The molecule has 2 aromatic rings. The third-order valence-electron chi connectivity index (χ3n) is 3.99. The molecule has 0 amide bonds. The van der Waals surface area contributed by atoms with Gasteiger partial charge < -0.3 is 9.64 Å². The van der Waals surface area contributed by atoms with E-state index in [1.165, 1.54) is 23.2 Å². The number of esters is 1. The highest BCUT2D eigenvalue weighted by Crippen LogP contribution is 2.31. The number of H-pyrrole nitrogens is 1. The van der Waals surface area contributed by atoms with E-state index in [-0.39, 0.29) is 44.0 Å². The van der Waals surface area contributed by atoms with Gasteiger partial charge in [0.25, 0.3) is 5.92 Å². The van der Waals surface area contributed by atoms with Gasteiger partial charge in [0.1, 0.15) is 0 Å². The zero-order valence-corrected chi connectivity index (χ0v) is 13.6. The first-order chi connectivity index (χ1) is 11.9. The summed E-state index contributed by atoms with van der Waals surface area (Å²) in [6.07, 6.45) is 0.770. The third-order valence-corrected chi connectivity index (χ3v) is 3.99. The fourth-order valence-corrected chi connectivity index (χ4v) is 2.64. The van der Waals surface area contributed by atoms with Crippen LogP contribution in [-0.2, 0) is 4.74 Å². The molecule has 134 valence electrons. The minimum atomic E-state index is -2.70. The van der Waals surface area contributed by atoms with E-state index in [9.17, 15) is 18.0 Å². The predicted molar refractivity (Wildman–Crippen MR) is 84.1 cm³/mol. The molecule has 0 bridgehead atoms. The molecule has 1 saturated heterocycles. The summed E-state index contributed by atoms with van der Waals surface area (Å²) in [6, 6.07) is 2.67. The molecule has 6 nitrogen and oxygen atoms in total. The molecule has 1 N–H and O–H groups in total. The van der Waals surface area contributed by atoms with Crippen molar-refractivity contribution in [2.45, 2.75) is 25.7 Å². The lowest BCUT2D eigenvalue weighted by Gasteiger charge is -2.32. The zero-order valence-electron chi connectivity index (χ0n) is 13.6. The first-order valence-corrected chi connectivity index (χ1v) is 7.91. The molecule has 0 radical (unpaired) electrons. The maximum absolute atomic E-state index is 14.4. The van der Waals surface area contributed by atoms with E-state index in [1.807, 2.05) is 0 Å². The van der Waals surface area contributed by atoms with Gasteiger partial charge in [-0.15, -0.1) is 0 Å². The first-order valence-electron chi connectivity index (χ1n) is 7.91. The van der Waals surface area contributed by atoms with Crippen LogP contribution in [0.15, 0.2) is 18.3 Å². The second-order valence-electron chi connectivity index (χ2n) is 5.76. The number of carbonyl (C=O) groups excluding carboxylic acids is 1. The number of alkyl halides is 2. The Hall–Kier alpha value is -2.58. The van der Waals surface area contributed by atoms with Crippen LogP contribution in [0.3, 0.4) is 0 Å². The number of aromatic nitrogens is 3. The Kier molecular flexibility index (Phi) is 4.65. The Morgan fingerprint density at radius 2 is 2.08 bits per heavy atom. The van der Waals surface area contributed by atoms with E-state index >= 15 is 0 Å². The van der Waals surface area contributed by atoms with Crippen LogP contribution in [0.2, 0.25) is 0 Å². The van der Waals surface area contributed by atoms with Crippen LogP contribution in [0.1, 0.15) is 30.3 Å². The van der Waals surface area contributed by atoms with Crippen molar-refractivity contribution in [3.63, 3.8) is 0 Å². The van der Waals surface area contributed by atoms with Crippen molar-refractivity contribution in [3.05, 3.63) is 29.8 Å². The average molecular weight is 354 g/mol. The minimum Gasteiger partial charge on any atom is -0.461 e. The summed E-state index contributed by atoms with van der Waals surface area (Å²) >= 11 is 0.